The molecule has 0 aliphatic heterocycles. The normalized spacial score (nSPS) is 11.2. The van der Waals surface area contributed by atoms with Gasteiger partial charge in [-0.3, -0.25) is 4.79 Å². The maximum Gasteiger partial charge on any atom is 0.307 e. The van der Waals surface area contributed by atoms with Crippen LogP contribution < -0.4 is 10.2 Å². The molecule has 4 rings (SSSR count). The number of para-hydroxylation sites is 1. The Labute approximate surface area is 210 Å². The molecule has 0 aliphatic carbocycles. The molecule has 0 radical (unpaired) electrons. The van der Waals surface area contributed by atoms with Gasteiger partial charge in [-0.05, 0) is 73.8 Å². The van der Waals surface area contributed by atoms with E-state index in [1.807, 2.05) is 36.4 Å². The highest BCUT2D eigenvalue weighted by atomic mass is 79.9. The second-order valence-corrected chi connectivity index (χ2v) is 9.24. The first-order valence-corrected chi connectivity index (χ1v) is 11.6. The Morgan fingerprint density at radius 2 is 1.81 bits per heavy atom. The zero-order valence-electron chi connectivity index (χ0n) is 16.2. The zero-order chi connectivity index (χ0) is 22.7. The highest BCUT2D eigenvalue weighted by Crippen LogP contribution is 2.35. The number of hydrogen-bond acceptors (Lipinski definition) is 4. The van der Waals surface area contributed by atoms with Gasteiger partial charge in [0.1, 0.15) is 17.9 Å². The molecule has 0 aliphatic rings. The second kappa shape index (κ2) is 10.1. The second-order valence-electron chi connectivity index (χ2n) is 6.69. The van der Waals surface area contributed by atoms with Crippen LogP contribution in [0.2, 0.25) is 10.0 Å². The van der Waals surface area contributed by atoms with Crippen LogP contribution in [0.15, 0.2) is 79.1 Å². The minimum absolute atomic E-state index is 0.190. The summed E-state index contributed by atoms with van der Waals surface area (Å²) < 4.78 is 12.9. The Balaban J connectivity index is 1.41. The number of nitrogens with zero attached hydrogens (tertiary/aromatic N) is 1. The molecule has 0 atom stereocenters. The van der Waals surface area contributed by atoms with Crippen molar-refractivity contribution in [3.63, 3.8) is 0 Å². The van der Waals surface area contributed by atoms with E-state index in [1.165, 1.54) is 6.21 Å². The lowest BCUT2D eigenvalue weighted by Gasteiger charge is -2.12. The van der Waals surface area contributed by atoms with Crippen molar-refractivity contribution in [2.24, 2.45) is 5.10 Å². The van der Waals surface area contributed by atoms with E-state index in [-0.39, 0.29) is 12.4 Å². The van der Waals surface area contributed by atoms with Gasteiger partial charge in [0.25, 0.3) is 0 Å². The lowest BCUT2D eigenvalue weighted by Crippen LogP contribution is -2.16. The number of hydrogen-bond donors (Lipinski definition) is 1. The van der Waals surface area contributed by atoms with Crippen molar-refractivity contribution >= 4 is 78.2 Å². The Bertz CT molecular complexity index is 1280. The fourth-order valence-corrected chi connectivity index (χ4v) is 4.81. The minimum atomic E-state index is -0.435. The summed E-state index contributed by atoms with van der Waals surface area (Å²) >= 11 is 19.1. The van der Waals surface area contributed by atoms with Gasteiger partial charge in [-0.25, -0.2) is 5.43 Å². The number of fused-ring (bicyclic) bond motifs is 1. The van der Waals surface area contributed by atoms with Crippen molar-refractivity contribution in [1.82, 2.24) is 5.43 Å². The Morgan fingerprint density at radius 1 is 1.06 bits per heavy atom. The molecule has 1 aromatic heterocycles. The predicted octanol–water partition coefficient (Wildman–Crippen LogP) is 7.61. The molecule has 0 saturated heterocycles. The van der Waals surface area contributed by atoms with E-state index in [4.69, 9.17) is 32.4 Å². The number of nitrogens with one attached hydrogen (secondary N) is 1. The first-order valence-electron chi connectivity index (χ1n) is 9.28. The summed E-state index contributed by atoms with van der Waals surface area (Å²) in [5.41, 5.74) is 4.67. The van der Waals surface area contributed by atoms with E-state index in [0.29, 0.717) is 30.3 Å². The molecule has 162 valence electrons. The van der Waals surface area contributed by atoms with Gasteiger partial charge in [-0.1, -0.05) is 47.5 Å². The van der Waals surface area contributed by atoms with E-state index in [2.05, 4.69) is 42.4 Å². The zero-order valence-corrected chi connectivity index (χ0v) is 20.9. The number of amides is 1. The van der Waals surface area contributed by atoms with Gasteiger partial charge in [0, 0.05) is 21.0 Å². The van der Waals surface area contributed by atoms with Crippen LogP contribution in [0.1, 0.15) is 21.7 Å². The number of halogens is 4. The third kappa shape index (κ3) is 5.35. The topological polar surface area (TPSA) is 63.8 Å². The molecule has 0 saturated carbocycles. The monoisotopic (exact) mass is 594 g/mol. The highest BCUT2D eigenvalue weighted by Gasteiger charge is 2.12. The van der Waals surface area contributed by atoms with Crippen LogP contribution in [0.4, 0.5) is 0 Å². The summed E-state index contributed by atoms with van der Waals surface area (Å²) in [6.07, 6.45) is 1.52. The average molecular weight is 597 g/mol. The molecule has 1 amide bonds. The molecule has 9 heteroatoms. The minimum Gasteiger partial charge on any atom is -0.486 e. The van der Waals surface area contributed by atoms with Gasteiger partial charge in [-0.15, -0.1) is 0 Å². The first-order chi connectivity index (χ1) is 15.4. The summed E-state index contributed by atoms with van der Waals surface area (Å²) in [7, 11) is 0. The van der Waals surface area contributed by atoms with Gasteiger partial charge in [0.2, 0.25) is 0 Å². The molecule has 1 heterocycles. The molecular weight excluding hydrogens is 583 g/mol. The summed E-state index contributed by atoms with van der Waals surface area (Å²) in [5, 5.41) is 5.97. The van der Waals surface area contributed by atoms with Crippen molar-refractivity contribution < 1.29 is 13.9 Å². The summed E-state index contributed by atoms with van der Waals surface area (Å²) in [5.74, 6) is 0.366. The number of rotatable bonds is 6. The molecule has 0 fully saturated rings. The number of carbonyl (C=O) groups excluding carboxylic acids is 1. The van der Waals surface area contributed by atoms with Crippen LogP contribution in [0.5, 0.6) is 5.75 Å². The third-order valence-corrected chi connectivity index (χ3v) is 6.20. The molecular formula is C23H14Br2Cl2N2O3. The van der Waals surface area contributed by atoms with Crippen LogP contribution in [0.3, 0.4) is 0 Å². The van der Waals surface area contributed by atoms with Crippen LogP contribution >= 0.6 is 55.1 Å². The van der Waals surface area contributed by atoms with Crippen molar-refractivity contribution in [3.8, 4) is 5.75 Å². The molecule has 0 spiro atoms. The van der Waals surface area contributed by atoms with Crippen molar-refractivity contribution in [1.29, 1.82) is 0 Å². The average Bonchev–Trinajstić information content (AvgIpc) is 3.19. The number of furan rings is 1. The Hall–Kier alpha value is -2.32. The smallest absolute Gasteiger partial charge is 0.307 e. The maximum absolute atomic E-state index is 12.3. The Kier molecular flexibility index (Phi) is 7.20. The quantitative estimate of drug-likeness (QED) is 0.184. The van der Waals surface area contributed by atoms with Crippen LogP contribution in [-0.4, -0.2) is 12.1 Å². The number of hydrazone groups is 1. The molecule has 0 bridgehead atoms. The van der Waals surface area contributed by atoms with Gasteiger partial charge >= 0.3 is 5.91 Å². The van der Waals surface area contributed by atoms with Crippen LogP contribution in [0, 0.1) is 0 Å². The first kappa shape index (κ1) is 22.9. The van der Waals surface area contributed by atoms with Gasteiger partial charge < -0.3 is 9.15 Å². The molecule has 1 N–H and O–H groups in total. The maximum atomic E-state index is 12.3. The molecule has 0 unspecified atom stereocenters. The number of ether oxygens (including phenoxy) is 1. The van der Waals surface area contributed by atoms with E-state index < -0.39 is 5.91 Å². The standard InChI is InChI=1S/C23H14Br2Cl2N2O3/c24-17-7-13(8-18(25)22(17)31-12-15-5-6-16(26)10-19(15)27)11-28-29-23(30)21-9-14-3-1-2-4-20(14)32-21/h1-11H,12H2,(H,29,30)/b28-11+. The number of benzene rings is 3. The highest BCUT2D eigenvalue weighted by molar-refractivity contribution is 9.11. The molecule has 32 heavy (non-hydrogen) atoms. The van der Waals surface area contributed by atoms with Crippen molar-refractivity contribution in [2.45, 2.75) is 6.61 Å². The molecule has 3 aromatic carbocycles. The van der Waals surface area contributed by atoms with E-state index in [1.54, 1.807) is 24.3 Å². The van der Waals surface area contributed by atoms with E-state index >= 15 is 0 Å². The summed E-state index contributed by atoms with van der Waals surface area (Å²) in [6.45, 7) is 0.272. The lowest BCUT2D eigenvalue weighted by atomic mass is 10.2. The van der Waals surface area contributed by atoms with Crippen molar-refractivity contribution in [3.05, 3.63) is 96.5 Å². The van der Waals surface area contributed by atoms with E-state index in [0.717, 1.165) is 16.5 Å². The SMILES string of the molecule is O=C(N/N=C/c1cc(Br)c(OCc2ccc(Cl)cc2Cl)c(Br)c1)c1cc2ccccc2o1. The van der Waals surface area contributed by atoms with Crippen LogP contribution in [0.25, 0.3) is 11.0 Å². The van der Waals surface area contributed by atoms with Crippen molar-refractivity contribution in [2.75, 3.05) is 0 Å². The largest absolute Gasteiger partial charge is 0.486 e. The number of carbonyl (C=O) groups is 1. The fraction of sp³-hybridized carbons (Fsp3) is 0.0435. The molecule has 5 nitrogen and oxygen atoms in total. The molecule has 4 aromatic rings. The van der Waals surface area contributed by atoms with Gasteiger partial charge in [0.15, 0.2) is 5.76 Å². The Morgan fingerprint density at radius 3 is 2.53 bits per heavy atom. The predicted molar refractivity (Wildman–Crippen MR) is 134 cm³/mol. The summed E-state index contributed by atoms with van der Waals surface area (Å²) in [6, 6.07) is 18.0. The lowest BCUT2D eigenvalue weighted by molar-refractivity contribution is 0.0929. The third-order valence-electron chi connectivity index (χ3n) is 4.44. The van der Waals surface area contributed by atoms with Gasteiger partial charge in [0.05, 0.1) is 15.2 Å². The van der Waals surface area contributed by atoms with Gasteiger partial charge in [-0.2, -0.15) is 5.10 Å². The fourth-order valence-electron chi connectivity index (χ4n) is 2.89. The van der Waals surface area contributed by atoms with Crippen LogP contribution in [-0.2, 0) is 6.61 Å². The summed E-state index contributed by atoms with van der Waals surface area (Å²) in [4.78, 5) is 12.3. The van der Waals surface area contributed by atoms with E-state index in [9.17, 15) is 4.79 Å².